The van der Waals surface area contributed by atoms with Crippen molar-refractivity contribution in [2.24, 2.45) is 11.8 Å². The predicted octanol–water partition coefficient (Wildman–Crippen LogP) is 3.06. The van der Waals surface area contributed by atoms with E-state index in [0.29, 0.717) is 18.9 Å². The summed E-state index contributed by atoms with van der Waals surface area (Å²) in [6.45, 7) is 4.41. The molecule has 0 radical (unpaired) electrons. The highest BCUT2D eigenvalue weighted by atomic mass is 79.9. The van der Waals surface area contributed by atoms with Gasteiger partial charge in [-0.3, -0.25) is 9.59 Å². The lowest BCUT2D eigenvalue weighted by Crippen LogP contribution is -2.42. The number of nitrogens with zero attached hydrogens (tertiary/aromatic N) is 2. The molecule has 2 heterocycles. The molecule has 2 aliphatic rings. The number of anilines is 1. The highest BCUT2D eigenvalue weighted by Crippen LogP contribution is 2.28. The first-order valence-electron chi connectivity index (χ1n) is 7.89. The molecule has 1 aromatic rings. The van der Waals surface area contributed by atoms with Crippen LogP contribution in [-0.4, -0.2) is 36.3 Å². The minimum Gasteiger partial charge on any atom is -0.342 e. The molecule has 118 valence electrons. The number of hydrogen-bond donors (Lipinski definition) is 0. The third kappa shape index (κ3) is 3.19. The molecule has 3 rings (SSSR count). The summed E-state index contributed by atoms with van der Waals surface area (Å²) in [4.78, 5) is 28.6. The van der Waals surface area contributed by atoms with Crippen molar-refractivity contribution in [3.05, 3.63) is 28.7 Å². The quantitative estimate of drug-likeness (QED) is 0.808. The number of rotatable bonds is 2. The van der Waals surface area contributed by atoms with Gasteiger partial charge < -0.3 is 9.80 Å². The number of carbonyl (C=O) groups is 2. The molecule has 2 amide bonds. The molecule has 0 aromatic heterocycles. The Kier molecular flexibility index (Phi) is 4.52. The number of likely N-dealkylation sites (tertiary alicyclic amines) is 1. The summed E-state index contributed by atoms with van der Waals surface area (Å²) in [5.41, 5.74) is 0.871. The molecule has 22 heavy (non-hydrogen) atoms. The normalized spacial score (nSPS) is 23.2. The Morgan fingerprint density at radius 1 is 1.18 bits per heavy atom. The van der Waals surface area contributed by atoms with E-state index in [-0.39, 0.29) is 17.7 Å². The van der Waals surface area contributed by atoms with Crippen molar-refractivity contribution < 1.29 is 9.59 Å². The molecule has 0 aliphatic carbocycles. The van der Waals surface area contributed by atoms with Crippen LogP contribution in [0.1, 0.15) is 26.2 Å². The maximum atomic E-state index is 12.6. The fraction of sp³-hybridized carbons (Fsp3) is 0.529. The molecule has 2 fully saturated rings. The molecule has 0 spiro atoms. The molecular weight excluding hydrogens is 344 g/mol. The van der Waals surface area contributed by atoms with Crippen molar-refractivity contribution in [2.45, 2.75) is 26.2 Å². The number of piperidine rings is 1. The van der Waals surface area contributed by atoms with Gasteiger partial charge in [-0.25, -0.2) is 0 Å². The summed E-state index contributed by atoms with van der Waals surface area (Å²) in [6.07, 6.45) is 2.48. The van der Waals surface area contributed by atoms with Crippen molar-refractivity contribution >= 4 is 33.4 Å². The van der Waals surface area contributed by atoms with Crippen molar-refractivity contribution in [1.82, 2.24) is 4.90 Å². The number of benzene rings is 1. The number of hydrogen-bond acceptors (Lipinski definition) is 2. The van der Waals surface area contributed by atoms with Gasteiger partial charge in [-0.1, -0.05) is 22.9 Å². The Balaban J connectivity index is 1.66. The molecule has 1 aromatic carbocycles. The number of halogens is 1. The fourth-order valence-corrected chi connectivity index (χ4v) is 3.50. The fourth-order valence-electron chi connectivity index (χ4n) is 3.23. The molecule has 2 aliphatic heterocycles. The van der Waals surface area contributed by atoms with Gasteiger partial charge in [0.1, 0.15) is 0 Å². The minimum atomic E-state index is -0.190. The zero-order valence-electron chi connectivity index (χ0n) is 12.8. The predicted molar refractivity (Wildman–Crippen MR) is 89.6 cm³/mol. The summed E-state index contributed by atoms with van der Waals surface area (Å²) in [7, 11) is 0. The van der Waals surface area contributed by atoms with E-state index in [1.165, 1.54) is 0 Å². The van der Waals surface area contributed by atoms with E-state index < -0.39 is 0 Å². The first kappa shape index (κ1) is 15.5. The zero-order chi connectivity index (χ0) is 15.7. The average molecular weight is 365 g/mol. The second-order valence-electron chi connectivity index (χ2n) is 6.39. The third-order valence-electron chi connectivity index (χ3n) is 4.71. The number of amides is 2. The van der Waals surface area contributed by atoms with Gasteiger partial charge in [-0.2, -0.15) is 0 Å². The lowest BCUT2D eigenvalue weighted by atomic mass is 9.97. The van der Waals surface area contributed by atoms with Crippen molar-refractivity contribution in [3.8, 4) is 0 Å². The molecule has 1 atom stereocenters. The maximum Gasteiger partial charge on any atom is 0.228 e. The smallest absolute Gasteiger partial charge is 0.228 e. The van der Waals surface area contributed by atoms with E-state index in [2.05, 4.69) is 22.9 Å². The Morgan fingerprint density at radius 2 is 1.82 bits per heavy atom. The Hall–Kier alpha value is -1.36. The maximum absolute atomic E-state index is 12.6. The largest absolute Gasteiger partial charge is 0.342 e. The van der Waals surface area contributed by atoms with Crippen LogP contribution in [0.15, 0.2) is 28.7 Å². The second-order valence-corrected chi connectivity index (χ2v) is 7.31. The molecule has 0 bridgehead atoms. The van der Waals surface area contributed by atoms with E-state index in [1.807, 2.05) is 29.2 Å². The van der Waals surface area contributed by atoms with Crippen LogP contribution in [0, 0.1) is 11.8 Å². The highest BCUT2D eigenvalue weighted by Gasteiger charge is 2.37. The number of carbonyl (C=O) groups excluding carboxylic acids is 2. The molecule has 2 saturated heterocycles. The van der Waals surface area contributed by atoms with Gasteiger partial charge in [0.2, 0.25) is 11.8 Å². The van der Waals surface area contributed by atoms with E-state index in [9.17, 15) is 9.59 Å². The van der Waals surface area contributed by atoms with Gasteiger partial charge in [-0.15, -0.1) is 0 Å². The van der Waals surface area contributed by atoms with Crippen LogP contribution in [0.2, 0.25) is 0 Å². The SMILES string of the molecule is CC1CCN(C(=O)[C@@H]2CC(=O)N(c3ccc(Br)cc3)C2)CC1. The van der Waals surface area contributed by atoms with Crippen molar-refractivity contribution in [3.63, 3.8) is 0 Å². The van der Waals surface area contributed by atoms with Gasteiger partial charge in [0.25, 0.3) is 0 Å². The van der Waals surface area contributed by atoms with E-state index in [4.69, 9.17) is 0 Å². The van der Waals surface area contributed by atoms with Gasteiger partial charge in [0.15, 0.2) is 0 Å². The lowest BCUT2D eigenvalue weighted by molar-refractivity contribution is -0.137. The zero-order valence-corrected chi connectivity index (χ0v) is 14.4. The van der Waals surface area contributed by atoms with Crippen LogP contribution < -0.4 is 4.90 Å². The summed E-state index contributed by atoms with van der Waals surface area (Å²) in [5, 5.41) is 0. The molecule has 0 unspecified atom stereocenters. The Bertz CT molecular complexity index is 565. The molecule has 0 saturated carbocycles. The summed E-state index contributed by atoms with van der Waals surface area (Å²) < 4.78 is 0.984. The minimum absolute atomic E-state index is 0.0473. The second kappa shape index (κ2) is 6.41. The monoisotopic (exact) mass is 364 g/mol. The van der Waals surface area contributed by atoms with Gasteiger partial charge >= 0.3 is 0 Å². The molecule has 0 N–H and O–H groups in total. The lowest BCUT2D eigenvalue weighted by Gasteiger charge is -2.32. The van der Waals surface area contributed by atoms with Crippen molar-refractivity contribution in [1.29, 1.82) is 0 Å². The third-order valence-corrected chi connectivity index (χ3v) is 5.24. The highest BCUT2D eigenvalue weighted by molar-refractivity contribution is 9.10. The van der Waals surface area contributed by atoms with E-state index >= 15 is 0 Å². The topological polar surface area (TPSA) is 40.6 Å². The molecule has 4 nitrogen and oxygen atoms in total. The van der Waals surface area contributed by atoms with Crippen molar-refractivity contribution in [2.75, 3.05) is 24.5 Å². The van der Waals surface area contributed by atoms with Gasteiger partial charge in [-0.05, 0) is 43.0 Å². The van der Waals surface area contributed by atoms with Crippen LogP contribution >= 0.6 is 15.9 Å². The van der Waals surface area contributed by atoms with Crippen LogP contribution in [0.3, 0.4) is 0 Å². The summed E-state index contributed by atoms with van der Waals surface area (Å²) >= 11 is 3.40. The Morgan fingerprint density at radius 3 is 2.45 bits per heavy atom. The van der Waals surface area contributed by atoms with Crippen LogP contribution in [0.25, 0.3) is 0 Å². The van der Waals surface area contributed by atoms with E-state index in [0.717, 1.165) is 36.1 Å². The van der Waals surface area contributed by atoms with Crippen LogP contribution in [0.5, 0.6) is 0 Å². The first-order chi connectivity index (χ1) is 10.5. The van der Waals surface area contributed by atoms with E-state index in [1.54, 1.807) is 4.90 Å². The molecular formula is C17H21BrN2O2. The average Bonchev–Trinajstić information content (AvgIpc) is 2.90. The van der Waals surface area contributed by atoms with Gasteiger partial charge in [0, 0.05) is 36.2 Å². The summed E-state index contributed by atoms with van der Waals surface area (Å²) in [6, 6.07) is 7.67. The first-order valence-corrected chi connectivity index (χ1v) is 8.68. The van der Waals surface area contributed by atoms with Crippen LogP contribution in [-0.2, 0) is 9.59 Å². The molecule has 5 heteroatoms. The Labute approximate surface area is 139 Å². The van der Waals surface area contributed by atoms with Gasteiger partial charge in [0.05, 0.1) is 5.92 Å². The summed E-state index contributed by atoms with van der Waals surface area (Å²) in [5.74, 6) is 0.712. The standard InChI is InChI=1S/C17H21BrN2O2/c1-12-6-8-19(9-7-12)17(22)13-10-16(21)20(11-13)15-4-2-14(18)3-5-15/h2-5,12-13H,6-11H2,1H3/t13-/m1/s1. The van der Waals surface area contributed by atoms with Crippen LogP contribution in [0.4, 0.5) is 5.69 Å².